The summed E-state index contributed by atoms with van der Waals surface area (Å²) in [5.41, 5.74) is -1.70. The van der Waals surface area contributed by atoms with Crippen molar-refractivity contribution in [3.05, 3.63) is 33.1 Å². The van der Waals surface area contributed by atoms with Crippen LogP contribution in [0.15, 0.2) is 21.9 Å². The lowest BCUT2D eigenvalue weighted by Gasteiger charge is -2.36. The lowest BCUT2D eigenvalue weighted by molar-refractivity contribution is -0.248. The second-order valence-electron chi connectivity index (χ2n) is 4.47. The number of hydrogen-bond donors (Lipinski definition) is 1. The normalized spacial score (nSPS) is 35.0. The maximum Gasteiger partial charge on any atom is 0.330 e. The van der Waals surface area contributed by atoms with Crippen LogP contribution in [-0.2, 0) is 14.3 Å². The van der Waals surface area contributed by atoms with E-state index in [0.717, 1.165) is 0 Å². The van der Waals surface area contributed by atoms with Crippen molar-refractivity contribution in [3.63, 3.8) is 0 Å². The Bertz CT molecular complexity index is 603. The van der Waals surface area contributed by atoms with Crippen molar-refractivity contribution in [2.75, 3.05) is 0 Å². The Labute approximate surface area is 95.0 Å². The van der Waals surface area contributed by atoms with Gasteiger partial charge in [0.25, 0.3) is 5.56 Å². The highest BCUT2D eigenvalue weighted by molar-refractivity contribution is 5.82. The fourth-order valence-electron chi connectivity index (χ4n) is 2.13. The Balaban J connectivity index is 1.95. The highest BCUT2D eigenvalue weighted by Gasteiger charge is 2.62. The molecule has 7 heteroatoms. The Kier molecular flexibility index (Phi) is 1.86. The minimum Gasteiger partial charge on any atom is -0.434 e. The number of hydrogen-bond acceptors (Lipinski definition) is 5. The quantitative estimate of drug-likeness (QED) is 0.656. The van der Waals surface area contributed by atoms with Gasteiger partial charge in [0.15, 0.2) is 0 Å². The molecule has 0 spiro atoms. The summed E-state index contributed by atoms with van der Waals surface area (Å²) in [6, 6.07) is 1.23. The van der Waals surface area contributed by atoms with Gasteiger partial charge in [0.05, 0.1) is 0 Å². The Morgan fingerprint density at radius 1 is 1.47 bits per heavy atom. The largest absolute Gasteiger partial charge is 0.434 e. The number of aromatic amines is 1. The first kappa shape index (κ1) is 10.3. The molecule has 2 aliphatic rings. The molecular weight excluding hydrogens is 228 g/mol. The number of carbonyl (C=O) groups is 1. The summed E-state index contributed by atoms with van der Waals surface area (Å²) in [4.78, 5) is 35.9. The molecule has 3 atom stereocenters. The average molecular weight is 238 g/mol. The molecule has 17 heavy (non-hydrogen) atoms. The van der Waals surface area contributed by atoms with E-state index in [2.05, 4.69) is 4.98 Å². The van der Waals surface area contributed by atoms with Crippen LogP contribution in [0.3, 0.4) is 0 Å². The molecule has 1 aromatic heterocycles. The first-order valence-corrected chi connectivity index (χ1v) is 5.19. The Morgan fingerprint density at radius 3 is 2.82 bits per heavy atom. The molecular formula is C10H10N2O5. The molecule has 0 amide bonds. The summed E-state index contributed by atoms with van der Waals surface area (Å²) in [5, 5.41) is 0. The number of nitrogens with zero attached hydrogens (tertiary/aromatic N) is 1. The molecule has 3 heterocycles. The van der Waals surface area contributed by atoms with E-state index >= 15 is 0 Å². The summed E-state index contributed by atoms with van der Waals surface area (Å²) >= 11 is 0. The number of fused-ring (bicyclic) bond motifs is 1. The van der Waals surface area contributed by atoms with Gasteiger partial charge in [-0.3, -0.25) is 19.1 Å². The van der Waals surface area contributed by atoms with Crippen LogP contribution < -0.4 is 11.2 Å². The molecule has 1 aromatic rings. The zero-order chi connectivity index (χ0) is 12.2. The van der Waals surface area contributed by atoms with Crippen molar-refractivity contribution >= 4 is 5.97 Å². The molecule has 7 nitrogen and oxygen atoms in total. The van der Waals surface area contributed by atoms with Crippen LogP contribution >= 0.6 is 0 Å². The van der Waals surface area contributed by atoms with E-state index < -0.39 is 29.2 Å². The maximum absolute atomic E-state index is 11.5. The van der Waals surface area contributed by atoms with Crippen LogP contribution in [0.5, 0.6) is 0 Å². The van der Waals surface area contributed by atoms with Crippen LogP contribution in [0.1, 0.15) is 19.6 Å². The number of ether oxygens (including phenoxy) is 2. The van der Waals surface area contributed by atoms with Gasteiger partial charge in [-0.1, -0.05) is 0 Å². The first-order chi connectivity index (χ1) is 8.00. The van der Waals surface area contributed by atoms with E-state index in [1.165, 1.54) is 16.8 Å². The van der Waals surface area contributed by atoms with Gasteiger partial charge in [0.1, 0.15) is 11.6 Å². The Hall–Kier alpha value is -1.89. The van der Waals surface area contributed by atoms with Crippen LogP contribution in [-0.4, -0.2) is 21.8 Å². The minimum atomic E-state index is -0.680. The van der Waals surface area contributed by atoms with E-state index in [4.69, 9.17) is 9.47 Å². The van der Waals surface area contributed by atoms with Crippen molar-refractivity contribution in [1.82, 2.24) is 9.55 Å². The van der Waals surface area contributed by atoms with E-state index in [1.54, 1.807) is 6.92 Å². The summed E-state index contributed by atoms with van der Waals surface area (Å²) < 4.78 is 11.5. The number of nitrogens with one attached hydrogen (secondary N) is 1. The molecule has 90 valence electrons. The number of rotatable bonds is 1. The van der Waals surface area contributed by atoms with E-state index in [9.17, 15) is 14.4 Å². The molecule has 2 aliphatic heterocycles. The van der Waals surface area contributed by atoms with Gasteiger partial charge >= 0.3 is 11.7 Å². The van der Waals surface area contributed by atoms with Gasteiger partial charge in [-0.25, -0.2) is 4.79 Å². The maximum atomic E-state index is 11.5. The van der Waals surface area contributed by atoms with E-state index in [-0.39, 0.29) is 5.97 Å². The zero-order valence-corrected chi connectivity index (χ0v) is 9.00. The van der Waals surface area contributed by atoms with Gasteiger partial charge in [0.2, 0.25) is 6.29 Å². The smallest absolute Gasteiger partial charge is 0.330 e. The molecule has 1 N–H and O–H groups in total. The fourth-order valence-corrected chi connectivity index (χ4v) is 2.13. The van der Waals surface area contributed by atoms with E-state index in [1.807, 2.05) is 0 Å². The van der Waals surface area contributed by atoms with Crippen LogP contribution in [0.2, 0.25) is 0 Å². The lowest BCUT2D eigenvalue weighted by atomic mass is 9.83. The second-order valence-corrected chi connectivity index (χ2v) is 4.47. The molecule has 2 saturated heterocycles. The number of carbonyl (C=O) groups excluding carboxylic acids is 1. The fraction of sp³-hybridized carbons (Fsp3) is 0.500. The van der Waals surface area contributed by atoms with Gasteiger partial charge in [0, 0.05) is 18.7 Å². The van der Waals surface area contributed by atoms with Crippen molar-refractivity contribution < 1.29 is 14.3 Å². The summed E-state index contributed by atoms with van der Waals surface area (Å²) in [5.74, 6) is -0.317. The highest BCUT2D eigenvalue weighted by atomic mass is 16.7. The van der Waals surface area contributed by atoms with Gasteiger partial charge < -0.3 is 9.47 Å². The second kappa shape index (κ2) is 3.07. The number of aromatic nitrogens is 2. The summed E-state index contributed by atoms with van der Waals surface area (Å²) in [7, 11) is 0. The standard InChI is InChI=1S/C10H10N2O5/c1-10-4-6(16-8(10)17-7(10)14)12-3-2-5(13)11-9(12)15/h2-3,6,8H,4H2,1H3,(H,11,13,15)/t6?,8?,10-/m0/s1. The summed E-state index contributed by atoms with van der Waals surface area (Å²) in [6.45, 7) is 1.74. The van der Waals surface area contributed by atoms with Crippen molar-refractivity contribution in [3.8, 4) is 0 Å². The molecule has 2 fully saturated rings. The van der Waals surface area contributed by atoms with Gasteiger partial charge in [-0.2, -0.15) is 0 Å². The first-order valence-electron chi connectivity index (χ1n) is 5.19. The Morgan fingerprint density at radius 2 is 2.24 bits per heavy atom. The highest BCUT2D eigenvalue weighted by Crippen LogP contribution is 2.50. The average Bonchev–Trinajstić information content (AvgIpc) is 2.52. The van der Waals surface area contributed by atoms with Gasteiger partial charge in [-0.05, 0) is 6.92 Å². The molecule has 0 bridgehead atoms. The minimum absolute atomic E-state index is 0.317. The van der Waals surface area contributed by atoms with Crippen LogP contribution in [0, 0.1) is 5.41 Å². The molecule has 0 saturated carbocycles. The summed E-state index contributed by atoms with van der Waals surface area (Å²) in [6.07, 6.45) is 0.534. The zero-order valence-electron chi connectivity index (χ0n) is 9.00. The predicted molar refractivity (Wildman–Crippen MR) is 54.0 cm³/mol. The molecule has 3 rings (SSSR count). The molecule has 0 aromatic carbocycles. The molecule has 2 unspecified atom stereocenters. The topological polar surface area (TPSA) is 90.4 Å². The van der Waals surface area contributed by atoms with Crippen molar-refractivity contribution in [2.45, 2.75) is 25.9 Å². The number of esters is 1. The molecule has 0 aliphatic carbocycles. The van der Waals surface area contributed by atoms with Crippen LogP contribution in [0.25, 0.3) is 0 Å². The SMILES string of the molecule is C[C@@]12CC(n3ccc(=O)[nH]c3=O)OC1OC2=O. The third kappa shape index (κ3) is 1.29. The lowest BCUT2D eigenvalue weighted by Crippen LogP contribution is -2.51. The van der Waals surface area contributed by atoms with Crippen molar-refractivity contribution in [2.24, 2.45) is 5.41 Å². The third-order valence-corrected chi connectivity index (χ3v) is 3.24. The van der Waals surface area contributed by atoms with Crippen LogP contribution in [0.4, 0.5) is 0 Å². The number of H-pyrrole nitrogens is 1. The third-order valence-electron chi connectivity index (χ3n) is 3.24. The van der Waals surface area contributed by atoms with Gasteiger partial charge in [-0.15, -0.1) is 0 Å². The van der Waals surface area contributed by atoms with Crippen molar-refractivity contribution in [1.29, 1.82) is 0 Å². The van der Waals surface area contributed by atoms with E-state index in [0.29, 0.717) is 6.42 Å². The molecule has 0 radical (unpaired) electrons. The monoisotopic (exact) mass is 238 g/mol. The predicted octanol–water partition coefficient (Wildman–Crippen LogP) is -0.655.